The molecule has 4 heteroatoms. The summed E-state index contributed by atoms with van der Waals surface area (Å²) in [5.41, 5.74) is 7.78. The van der Waals surface area contributed by atoms with Crippen LogP contribution in [-0.2, 0) is 0 Å². The molecule has 0 bridgehead atoms. The van der Waals surface area contributed by atoms with Gasteiger partial charge in [0.2, 0.25) is 0 Å². The van der Waals surface area contributed by atoms with E-state index in [0.29, 0.717) is 0 Å². The quantitative estimate of drug-likeness (QED) is 0.894. The van der Waals surface area contributed by atoms with Crippen molar-refractivity contribution < 1.29 is 0 Å². The lowest BCUT2D eigenvalue weighted by Gasteiger charge is -2.24. The molecule has 0 fully saturated rings. The first-order valence-corrected chi connectivity index (χ1v) is 6.62. The fourth-order valence-electron chi connectivity index (χ4n) is 2.48. The molecule has 0 radical (unpaired) electrons. The maximum absolute atomic E-state index is 4.51. The minimum absolute atomic E-state index is 0.219. The second-order valence-electron chi connectivity index (χ2n) is 5.08. The Morgan fingerprint density at radius 3 is 2.89 bits per heavy atom. The number of nitrogens with one attached hydrogen (secondary N) is 1. The summed E-state index contributed by atoms with van der Waals surface area (Å²) in [4.78, 5) is 0. The lowest BCUT2D eigenvalue weighted by atomic mass is 9.98. The Morgan fingerprint density at radius 2 is 2.16 bits per heavy atom. The first kappa shape index (κ1) is 12.0. The molecule has 2 heterocycles. The molecule has 0 amide bonds. The second-order valence-corrected chi connectivity index (χ2v) is 5.08. The highest BCUT2D eigenvalue weighted by molar-refractivity contribution is 6.03. The van der Waals surface area contributed by atoms with Crippen molar-refractivity contribution >= 4 is 5.71 Å². The number of hydrogen-bond acceptors (Lipinski definition) is 3. The maximum atomic E-state index is 4.51. The molecule has 0 aliphatic carbocycles. The smallest absolute Gasteiger partial charge is 0.0980 e. The van der Waals surface area contributed by atoms with Crippen LogP contribution >= 0.6 is 0 Å². The zero-order valence-electron chi connectivity index (χ0n) is 11.3. The van der Waals surface area contributed by atoms with Gasteiger partial charge in [0.1, 0.15) is 0 Å². The fraction of sp³-hybridized carbons (Fsp3) is 0.333. The average molecular weight is 254 g/mol. The predicted octanol–water partition coefficient (Wildman–Crippen LogP) is 2.44. The van der Waals surface area contributed by atoms with Crippen LogP contribution in [0, 0.1) is 13.8 Å². The topological polar surface area (TPSA) is 42.2 Å². The summed E-state index contributed by atoms with van der Waals surface area (Å²) in [5.74, 6) is 0. The number of nitrogens with zero attached hydrogens (tertiary/aromatic N) is 3. The highest BCUT2D eigenvalue weighted by atomic mass is 15.3. The van der Waals surface area contributed by atoms with Crippen molar-refractivity contribution in [1.29, 1.82) is 0 Å². The van der Waals surface area contributed by atoms with Gasteiger partial charge in [-0.05, 0) is 25.8 Å². The molecule has 0 spiro atoms. The predicted molar refractivity (Wildman–Crippen MR) is 76.3 cm³/mol. The molecule has 1 atom stereocenters. The van der Waals surface area contributed by atoms with Crippen LogP contribution in [0.25, 0.3) is 0 Å². The molecule has 1 unspecified atom stereocenters. The molecule has 3 rings (SSSR count). The number of hydrogen-bond donors (Lipinski definition) is 1. The van der Waals surface area contributed by atoms with Crippen molar-refractivity contribution in [3.05, 3.63) is 53.3 Å². The lowest BCUT2D eigenvalue weighted by molar-refractivity contribution is 0.484. The number of rotatable bonds is 2. The van der Waals surface area contributed by atoms with Gasteiger partial charge in [-0.25, -0.2) is 0 Å². The van der Waals surface area contributed by atoms with Gasteiger partial charge in [0, 0.05) is 18.3 Å². The van der Waals surface area contributed by atoms with E-state index in [0.717, 1.165) is 18.7 Å². The SMILES string of the molecule is Cc1cccc(C2=NNCCC2n2cc(C)cn2)c1. The molecule has 98 valence electrons. The van der Waals surface area contributed by atoms with Crippen LogP contribution < -0.4 is 5.43 Å². The molecule has 0 saturated carbocycles. The first-order chi connectivity index (χ1) is 9.24. The minimum atomic E-state index is 0.219. The zero-order valence-corrected chi connectivity index (χ0v) is 11.3. The van der Waals surface area contributed by atoms with Crippen LogP contribution in [0.15, 0.2) is 41.8 Å². The van der Waals surface area contributed by atoms with E-state index in [4.69, 9.17) is 0 Å². The van der Waals surface area contributed by atoms with Gasteiger partial charge in [-0.3, -0.25) is 4.68 Å². The van der Waals surface area contributed by atoms with Crippen LogP contribution in [0.3, 0.4) is 0 Å². The van der Waals surface area contributed by atoms with Crippen LogP contribution in [-0.4, -0.2) is 22.0 Å². The normalized spacial score (nSPS) is 18.8. The highest BCUT2D eigenvalue weighted by Gasteiger charge is 2.23. The van der Waals surface area contributed by atoms with Crippen molar-refractivity contribution in [3.8, 4) is 0 Å². The summed E-state index contributed by atoms with van der Waals surface area (Å²) in [6, 6.07) is 8.69. The molecular formula is C15H18N4. The third-order valence-corrected chi connectivity index (χ3v) is 3.41. The van der Waals surface area contributed by atoms with E-state index < -0.39 is 0 Å². The van der Waals surface area contributed by atoms with E-state index in [-0.39, 0.29) is 6.04 Å². The number of aromatic nitrogens is 2. The third-order valence-electron chi connectivity index (χ3n) is 3.41. The highest BCUT2D eigenvalue weighted by Crippen LogP contribution is 2.21. The molecule has 2 aromatic rings. The van der Waals surface area contributed by atoms with Crippen molar-refractivity contribution in [1.82, 2.24) is 15.2 Å². The Balaban J connectivity index is 2.00. The summed E-state index contributed by atoms with van der Waals surface area (Å²) in [5, 5.41) is 8.96. The van der Waals surface area contributed by atoms with Crippen LogP contribution in [0.2, 0.25) is 0 Å². The Bertz CT molecular complexity index is 612. The standard InChI is InChI=1S/C15H18N4/c1-11-4-3-5-13(8-11)15-14(6-7-16-18-15)19-10-12(2)9-17-19/h3-5,8-10,14,16H,6-7H2,1-2H3. The summed E-state index contributed by atoms with van der Waals surface area (Å²) < 4.78 is 2.03. The van der Waals surface area contributed by atoms with Crippen molar-refractivity contribution in [3.63, 3.8) is 0 Å². The largest absolute Gasteiger partial charge is 0.310 e. The molecule has 1 aromatic heterocycles. The molecule has 1 aromatic carbocycles. The molecule has 0 saturated heterocycles. The zero-order chi connectivity index (χ0) is 13.2. The van der Waals surface area contributed by atoms with Gasteiger partial charge >= 0.3 is 0 Å². The number of benzene rings is 1. The Morgan fingerprint density at radius 1 is 1.26 bits per heavy atom. The molecule has 1 aliphatic heterocycles. The molecule has 19 heavy (non-hydrogen) atoms. The molecule has 1 N–H and O–H groups in total. The summed E-state index contributed by atoms with van der Waals surface area (Å²) in [7, 11) is 0. The second kappa shape index (κ2) is 4.88. The van der Waals surface area contributed by atoms with Gasteiger partial charge in [0.05, 0.1) is 18.0 Å². The van der Waals surface area contributed by atoms with Crippen molar-refractivity contribution in [2.75, 3.05) is 6.54 Å². The van der Waals surface area contributed by atoms with Gasteiger partial charge in [0.25, 0.3) is 0 Å². The number of hydrazone groups is 1. The van der Waals surface area contributed by atoms with Crippen molar-refractivity contribution in [2.24, 2.45) is 5.10 Å². The first-order valence-electron chi connectivity index (χ1n) is 6.62. The molecule has 4 nitrogen and oxygen atoms in total. The number of aryl methyl sites for hydroxylation is 2. The van der Waals surface area contributed by atoms with E-state index in [1.54, 1.807) is 0 Å². The lowest BCUT2D eigenvalue weighted by Crippen LogP contribution is -2.31. The van der Waals surface area contributed by atoms with Crippen LogP contribution in [0.4, 0.5) is 0 Å². The minimum Gasteiger partial charge on any atom is -0.310 e. The Labute approximate surface area is 113 Å². The fourth-order valence-corrected chi connectivity index (χ4v) is 2.48. The average Bonchev–Trinajstić information content (AvgIpc) is 2.85. The van der Waals surface area contributed by atoms with Gasteiger partial charge in [-0.15, -0.1) is 0 Å². The van der Waals surface area contributed by atoms with Crippen LogP contribution in [0.1, 0.15) is 29.2 Å². The summed E-state index contributed by atoms with van der Waals surface area (Å²) in [6.45, 7) is 5.06. The van der Waals surface area contributed by atoms with E-state index >= 15 is 0 Å². The van der Waals surface area contributed by atoms with Crippen molar-refractivity contribution in [2.45, 2.75) is 26.3 Å². The van der Waals surface area contributed by atoms with E-state index in [2.05, 4.69) is 59.9 Å². The monoisotopic (exact) mass is 254 g/mol. The molecular weight excluding hydrogens is 236 g/mol. The van der Waals surface area contributed by atoms with E-state index in [1.807, 2.05) is 10.9 Å². The third kappa shape index (κ3) is 2.38. The maximum Gasteiger partial charge on any atom is 0.0980 e. The van der Waals surface area contributed by atoms with Gasteiger partial charge in [-0.2, -0.15) is 10.2 Å². The summed E-state index contributed by atoms with van der Waals surface area (Å²) in [6.07, 6.45) is 4.99. The molecule has 1 aliphatic rings. The van der Waals surface area contributed by atoms with E-state index in [1.165, 1.54) is 16.7 Å². The van der Waals surface area contributed by atoms with Gasteiger partial charge in [0.15, 0.2) is 0 Å². The van der Waals surface area contributed by atoms with E-state index in [9.17, 15) is 0 Å². The van der Waals surface area contributed by atoms with Gasteiger partial charge in [-0.1, -0.05) is 29.8 Å². The Hall–Kier alpha value is -2.10. The Kier molecular flexibility index (Phi) is 3.07. The van der Waals surface area contributed by atoms with Crippen LogP contribution in [0.5, 0.6) is 0 Å². The summed E-state index contributed by atoms with van der Waals surface area (Å²) >= 11 is 0. The van der Waals surface area contributed by atoms with Gasteiger partial charge < -0.3 is 5.43 Å².